The van der Waals surface area contributed by atoms with E-state index in [1.54, 1.807) is 24.4 Å². The standard InChI is InChI=1S/C22H27F3N2O4Si.C17H17F3N2O3.C4H8O.CH4/c1-14(28)26-18-13-19(31-2)17(12-16(18)8-11-32(3,4)5)20(29)15-6-9-27(10-7-15)21(30)22(23,24)25;1-25-14-9-13-11(2-5-21-13)8-12(14)15(23)10-3-6-22(7-4-10)16(24)17(18,19)20;1-2-4-5-3-1;/h12-13,15H,6-7,9-10H2,1-5H3,(H,26,28);2,5,8-10,21H,3-4,6-7H2,1H3;1-4H2;1H4. The third-order valence-electron chi connectivity index (χ3n) is 10.2. The molecule has 6 rings (SSSR count). The van der Waals surface area contributed by atoms with E-state index in [9.17, 15) is 50.3 Å². The number of hydrogen-bond acceptors (Lipinski definition) is 8. The summed E-state index contributed by atoms with van der Waals surface area (Å²) in [5.41, 5.74) is 5.59. The topological polar surface area (TPSA) is 147 Å². The Balaban J connectivity index is 0.000000302. The predicted octanol–water partition coefficient (Wildman–Crippen LogP) is 8.46. The summed E-state index contributed by atoms with van der Waals surface area (Å²) < 4.78 is 91.1. The number of Topliss-reactive ketones (excluding diaryl/α,β-unsaturated/α-hetero) is 2. The lowest BCUT2D eigenvalue weighted by molar-refractivity contribution is -0.186. The Labute approximate surface area is 364 Å². The van der Waals surface area contributed by atoms with Crippen LogP contribution in [0.3, 0.4) is 0 Å². The van der Waals surface area contributed by atoms with Gasteiger partial charge in [-0.3, -0.25) is 24.0 Å². The second kappa shape index (κ2) is 22.3. The first-order chi connectivity index (χ1) is 29.0. The molecule has 3 aliphatic rings. The van der Waals surface area contributed by atoms with Crippen molar-refractivity contribution in [3.63, 3.8) is 0 Å². The number of ether oxygens (including phenoxy) is 3. The molecule has 63 heavy (non-hydrogen) atoms. The maximum absolute atomic E-state index is 13.2. The molecule has 3 aliphatic heterocycles. The maximum Gasteiger partial charge on any atom is 0.471 e. The summed E-state index contributed by atoms with van der Waals surface area (Å²) in [6, 6.07) is 8.37. The minimum absolute atomic E-state index is 0. The van der Waals surface area contributed by atoms with Gasteiger partial charge in [0.05, 0.1) is 31.0 Å². The molecule has 3 amide bonds. The predicted molar refractivity (Wildman–Crippen MR) is 229 cm³/mol. The summed E-state index contributed by atoms with van der Waals surface area (Å²) in [5, 5.41) is 3.55. The molecule has 0 unspecified atom stereocenters. The number of amides is 3. The number of piperidine rings is 2. The molecule has 3 aromatic rings. The quantitative estimate of drug-likeness (QED) is 0.104. The van der Waals surface area contributed by atoms with Crippen LogP contribution in [0.1, 0.15) is 79.2 Å². The second-order valence-corrected chi connectivity index (χ2v) is 20.8. The van der Waals surface area contributed by atoms with E-state index in [2.05, 4.69) is 41.4 Å². The van der Waals surface area contributed by atoms with Gasteiger partial charge >= 0.3 is 24.2 Å². The molecule has 346 valence electrons. The molecule has 0 radical (unpaired) electrons. The van der Waals surface area contributed by atoms with Crippen molar-refractivity contribution >= 4 is 54.0 Å². The molecule has 2 N–H and O–H groups in total. The van der Waals surface area contributed by atoms with Crippen molar-refractivity contribution < 1.29 is 64.5 Å². The number of benzene rings is 2. The number of H-pyrrole nitrogens is 1. The van der Waals surface area contributed by atoms with Gasteiger partial charge in [0.25, 0.3) is 0 Å². The van der Waals surface area contributed by atoms with E-state index < -0.39 is 44.1 Å². The number of likely N-dealkylation sites (tertiary alicyclic amines) is 2. The number of aromatic nitrogens is 1. The summed E-state index contributed by atoms with van der Waals surface area (Å²) in [4.78, 5) is 64.9. The van der Waals surface area contributed by atoms with Gasteiger partial charge in [-0.1, -0.05) is 33.0 Å². The van der Waals surface area contributed by atoms with Crippen LogP contribution in [0.15, 0.2) is 36.5 Å². The van der Waals surface area contributed by atoms with Crippen molar-refractivity contribution in [3.8, 4) is 23.0 Å². The molecule has 0 bridgehead atoms. The van der Waals surface area contributed by atoms with Gasteiger partial charge in [-0.05, 0) is 56.7 Å². The summed E-state index contributed by atoms with van der Waals surface area (Å²) in [5.74, 6) is -1.74. The number of alkyl halides is 6. The normalized spacial score (nSPS) is 15.9. The van der Waals surface area contributed by atoms with Crippen LogP contribution in [0, 0.1) is 23.3 Å². The number of carbonyl (C=O) groups excluding carboxylic acids is 5. The monoisotopic (exact) mass is 910 g/mol. The Kier molecular flexibility index (Phi) is 18.4. The molecular formula is C44H56F6N4O8Si. The number of methoxy groups -OCH3 is 2. The first kappa shape index (κ1) is 52.0. The summed E-state index contributed by atoms with van der Waals surface area (Å²) in [7, 11) is 1.10. The second-order valence-electron chi connectivity index (χ2n) is 16.1. The molecule has 19 heteroatoms. The van der Waals surface area contributed by atoms with Crippen LogP contribution in [0.5, 0.6) is 11.5 Å². The van der Waals surface area contributed by atoms with E-state index in [1.165, 1.54) is 40.1 Å². The molecule has 2 aromatic carbocycles. The minimum atomic E-state index is -4.93. The lowest BCUT2D eigenvalue weighted by atomic mass is 9.87. The third-order valence-corrected chi connectivity index (χ3v) is 11.1. The van der Waals surface area contributed by atoms with E-state index >= 15 is 0 Å². The number of carbonyl (C=O) groups is 5. The number of halogens is 6. The number of fused-ring (bicyclic) bond motifs is 1. The number of rotatable bonds is 7. The number of aromatic amines is 1. The highest BCUT2D eigenvalue weighted by Crippen LogP contribution is 2.34. The van der Waals surface area contributed by atoms with Crippen LogP contribution < -0.4 is 14.8 Å². The number of nitrogens with zero attached hydrogens (tertiary/aromatic N) is 2. The summed E-state index contributed by atoms with van der Waals surface area (Å²) in [6.07, 6.45) is -4.85. The fraction of sp³-hybridized carbons (Fsp3) is 0.523. The zero-order valence-corrected chi connectivity index (χ0v) is 36.5. The molecule has 1 aromatic heterocycles. The lowest BCUT2D eigenvalue weighted by Gasteiger charge is -2.32. The van der Waals surface area contributed by atoms with E-state index in [0.717, 1.165) is 33.9 Å². The number of ketones is 2. The van der Waals surface area contributed by atoms with Crippen molar-refractivity contribution in [1.29, 1.82) is 0 Å². The van der Waals surface area contributed by atoms with Crippen molar-refractivity contribution in [3.05, 3.63) is 53.2 Å². The van der Waals surface area contributed by atoms with Gasteiger partial charge in [-0.2, -0.15) is 26.3 Å². The van der Waals surface area contributed by atoms with Crippen molar-refractivity contribution in [2.45, 2.75) is 84.9 Å². The van der Waals surface area contributed by atoms with Gasteiger partial charge in [0.2, 0.25) is 5.91 Å². The van der Waals surface area contributed by atoms with Crippen LogP contribution in [-0.2, 0) is 19.1 Å². The fourth-order valence-electron chi connectivity index (χ4n) is 7.03. The highest BCUT2D eigenvalue weighted by molar-refractivity contribution is 6.83. The van der Waals surface area contributed by atoms with E-state index in [1.807, 2.05) is 6.07 Å². The van der Waals surface area contributed by atoms with Gasteiger partial charge < -0.3 is 34.3 Å². The first-order valence-corrected chi connectivity index (χ1v) is 23.6. The molecule has 3 saturated heterocycles. The summed E-state index contributed by atoms with van der Waals surface area (Å²) >= 11 is 0. The van der Waals surface area contributed by atoms with Crippen LogP contribution >= 0.6 is 0 Å². The Morgan fingerprint density at radius 1 is 0.762 bits per heavy atom. The van der Waals surface area contributed by atoms with Gasteiger partial charge in [0, 0.05) is 92.9 Å². The fourth-order valence-corrected chi connectivity index (χ4v) is 7.54. The maximum atomic E-state index is 13.2. The van der Waals surface area contributed by atoms with Crippen molar-refractivity contribution in [1.82, 2.24) is 14.8 Å². The number of anilines is 1. The Morgan fingerprint density at radius 2 is 1.22 bits per heavy atom. The number of nitrogens with one attached hydrogen (secondary N) is 2. The smallest absolute Gasteiger partial charge is 0.471 e. The van der Waals surface area contributed by atoms with Gasteiger partial charge in [-0.15, -0.1) is 5.54 Å². The van der Waals surface area contributed by atoms with Crippen LogP contribution in [0.25, 0.3) is 10.9 Å². The van der Waals surface area contributed by atoms with Crippen LogP contribution in [0.4, 0.5) is 32.0 Å². The van der Waals surface area contributed by atoms with Gasteiger partial charge in [0.1, 0.15) is 19.6 Å². The first-order valence-electron chi connectivity index (χ1n) is 20.1. The SMILES string of the molecule is C.C1CCOC1.COc1cc(NC(C)=O)c(C#C[Si](C)(C)C)cc1C(=O)C1CCN(C(=O)C(F)(F)F)CC1.COc1cc2[nH]ccc2cc1C(=O)C1CCN(C(=O)C(F)(F)F)CC1. The van der Waals surface area contributed by atoms with Gasteiger partial charge in [0.15, 0.2) is 11.6 Å². The Bertz CT molecular complexity index is 2150. The number of hydrogen-bond donors (Lipinski definition) is 2. The average Bonchev–Trinajstić information content (AvgIpc) is 3.97. The molecule has 12 nitrogen and oxygen atoms in total. The molecule has 0 atom stereocenters. The van der Waals surface area contributed by atoms with Crippen molar-refractivity contribution in [2.24, 2.45) is 11.8 Å². The summed E-state index contributed by atoms with van der Waals surface area (Å²) in [6.45, 7) is 9.08. The molecule has 0 spiro atoms. The van der Waals surface area contributed by atoms with Crippen LogP contribution in [-0.4, -0.2) is 118 Å². The largest absolute Gasteiger partial charge is 0.496 e. The molecule has 3 fully saturated rings. The van der Waals surface area contributed by atoms with Crippen LogP contribution in [0.2, 0.25) is 19.6 Å². The Hall–Kier alpha value is -5.35. The van der Waals surface area contributed by atoms with E-state index in [0.29, 0.717) is 22.6 Å². The van der Waals surface area contributed by atoms with E-state index in [-0.39, 0.29) is 88.1 Å². The Morgan fingerprint density at radius 3 is 1.62 bits per heavy atom. The third kappa shape index (κ3) is 14.6. The zero-order chi connectivity index (χ0) is 46.0. The van der Waals surface area contributed by atoms with Crippen molar-refractivity contribution in [2.75, 3.05) is 58.9 Å². The molecule has 4 heterocycles. The van der Waals surface area contributed by atoms with E-state index in [4.69, 9.17) is 14.2 Å². The average molecular weight is 911 g/mol. The minimum Gasteiger partial charge on any atom is -0.496 e. The zero-order valence-electron chi connectivity index (χ0n) is 35.5. The highest BCUT2D eigenvalue weighted by Gasteiger charge is 2.45. The molecular weight excluding hydrogens is 855 g/mol. The molecule has 0 saturated carbocycles. The highest BCUT2D eigenvalue weighted by atomic mass is 28.3. The lowest BCUT2D eigenvalue weighted by Crippen LogP contribution is -2.46. The molecule has 0 aliphatic carbocycles. The van der Waals surface area contributed by atoms with Gasteiger partial charge in [-0.25, -0.2) is 0 Å².